The van der Waals surface area contributed by atoms with Gasteiger partial charge in [-0.1, -0.05) is 19.4 Å². The Morgan fingerprint density at radius 2 is 2.18 bits per heavy atom. The first-order valence-electron chi connectivity index (χ1n) is 6.74. The van der Waals surface area contributed by atoms with Crippen molar-refractivity contribution in [3.05, 3.63) is 22.4 Å². The molecule has 1 heterocycles. The first kappa shape index (κ1) is 13.1. The Balaban J connectivity index is 1.69. The van der Waals surface area contributed by atoms with Gasteiger partial charge >= 0.3 is 0 Å². The monoisotopic (exact) mass is 253 g/mol. The smallest absolute Gasteiger partial charge is 0.101 e. The van der Waals surface area contributed by atoms with Crippen molar-refractivity contribution in [1.29, 1.82) is 0 Å². The third-order valence-electron chi connectivity index (χ3n) is 3.90. The van der Waals surface area contributed by atoms with Gasteiger partial charge in [-0.25, -0.2) is 0 Å². The van der Waals surface area contributed by atoms with E-state index in [2.05, 4.69) is 12.2 Å². The Hall–Kier alpha value is -0.380. The zero-order chi connectivity index (χ0) is 12.1. The van der Waals surface area contributed by atoms with Crippen molar-refractivity contribution in [2.45, 2.75) is 51.2 Å². The van der Waals surface area contributed by atoms with Crippen LogP contribution in [0.25, 0.3) is 0 Å². The van der Waals surface area contributed by atoms with E-state index in [1.807, 2.05) is 17.5 Å². The van der Waals surface area contributed by atoms with Crippen molar-refractivity contribution < 1.29 is 5.11 Å². The van der Waals surface area contributed by atoms with Crippen LogP contribution in [-0.2, 0) is 0 Å². The highest BCUT2D eigenvalue weighted by Gasteiger charge is 2.20. The lowest BCUT2D eigenvalue weighted by atomic mass is 9.84. The molecule has 0 aromatic carbocycles. The van der Waals surface area contributed by atoms with Crippen molar-refractivity contribution in [2.75, 3.05) is 6.54 Å². The average molecular weight is 253 g/mol. The number of hydrogen-bond acceptors (Lipinski definition) is 3. The second kappa shape index (κ2) is 6.53. The molecule has 1 aromatic heterocycles. The zero-order valence-electron chi connectivity index (χ0n) is 10.6. The lowest BCUT2D eigenvalue weighted by molar-refractivity contribution is 0.165. The topological polar surface area (TPSA) is 32.3 Å². The number of hydrogen-bond donors (Lipinski definition) is 2. The Kier molecular flexibility index (Phi) is 5.01. The standard InChI is InChI=1S/C14H23NOS/c1-2-11-5-7-12(8-6-11)15-10-13(16)14-4-3-9-17-14/h3-4,9,11-13,15-16H,2,5-8,10H2,1H3. The van der Waals surface area contributed by atoms with Crippen LogP contribution >= 0.6 is 11.3 Å². The molecule has 1 aromatic rings. The Morgan fingerprint density at radius 3 is 2.76 bits per heavy atom. The maximum Gasteiger partial charge on any atom is 0.101 e. The fourth-order valence-corrected chi connectivity index (χ4v) is 3.35. The average Bonchev–Trinajstić information content (AvgIpc) is 2.90. The van der Waals surface area contributed by atoms with Gasteiger partial charge in [0.1, 0.15) is 6.10 Å². The van der Waals surface area contributed by atoms with Crippen molar-refractivity contribution in [3.63, 3.8) is 0 Å². The minimum atomic E-state index is -0.334. The summed E-state index contributed by atoms with van der Waals surface area (Å²) in [7, 11) is 0. The van der Waals surface area contributed by atoms with Gasteiger partial charge in [-0.05, 0) is 43.0 Å². The van der Waals surface area contributed by atoms with Gasteiger partial charge in [-0.2, -0.15) is 0 Å². The molecule has 0 saturated heterocycles. The largest absolute Gasteiger partial charge is 0.386 e. The van der Waals surface area contributed by atoms with Gasteiger partial charge in [-0.15, -0.1) is 11.3 Å². The summed E-state index contributed by atoms with van der Waals surface area (Å²) in [5.41, 5.74) is 0. The second-order valence-electron chi connectivity index (χ2n) is 5.07. The molecular formula is C14H23NOS. The molecule has 0 amide bonds. The lowest BCUT2D eigenvalue weighted by Crippen LogP contribution is -2.35. The summed E-state index contributed by atoms with van der Waals surface area (Å²) >= 11 is 1.63. The Bertz CT molecular complexity index is 304. The predicted molar refractivity (Wildman–Crippen MR) is 73.3 cm³/mol. The number of aliphatic hydroxyl groups excluding tert-OH is 1. The van der Waals surface area contributed by atoms with E-state index < -0.39 is 0 Å². The first-order valence-corrected chi connectivity index (χ1v) is 7.62. The molecule has 1 fully saturated rings. The quantitative estimate of drug-likeness (QED) is 0.843. The Morgan fingerprint density at radius 1 is 1.41 bits per heavy atom. The van der Waals surface area contributed by atoms with E-state index in [0.29, 0.717) is 12.6 Å². The van der Waals surface area contributed by atoms with Gasteiger partial charge < -0.3 is 10.4 Å². The van der Waals surface area contributed by atoms with Crippen LogP contribution in [0.5, 0.6) is 0 Å². The molecule has 0 bridgehead atoms. The van der Waals surface area contributed by atoms with Gasteiger partial charge in [0, 0.05) is 17.5 Å². The van der Waals surface area contributed by atoms with E-state index in [1.54, 1.807) is 11.3 Å². The first-order chi connectivity index (χ1) is 8.29. The van der Waals surface area contributed by atoms with Crippen LogP contribution in [0.3, 0.4) is 0 Å². The van der Waals surface area contributed by atoms with Crippen molar-refractivity contribution in [3.8, 4) is 0 Å². The van der Waals surface area contributed by atoms with Gasteiger partial charge in [0.05, 0.1) is 0 Å². The lowest BCUT2D eigenvalue weighted by Gasteiger charge is -2.29. The minimum Gasteiger partial charge on any atom is -0.386 e. The molecule has 2 nitrogen and oxygen atoms in total. The van der Waals surface area contributed by atoms with Crippen molar-refractivity contribution in [1.82, 2.24) is 5.32 Å². The molecule has 1 saturated carbocycles. The summed E-state index contributed by atoms with van der Waals surface area (Å²) in [4.78, 5) is 1.07. The molecule has 1 aliphatic rings. The second-order valence-corrected chi connectivity index (χ2v) is 6.04. The summed E-state index contributed by atoms with van der Waals surface area (Å²) in [6.07, 6.45) is 6.24. The summed E-state index contributed by atoms with van der Waals surface area (Å²) in [6.45, 7) is 2.99. The molecular weight excluding hydrogens is 230 g/mol. The van der Waals surface area contributed by atoms with Crippen molar-refractivity contribution >= 4 is 11.3 Å². The molecule has 2 rings (SSSR count). The van der Waals surface area contributed by atoms with Gasteiger partial charge in [-0.3, -0.25) is 0 Å². The summed E-state index contributed by atoms with van der Waals surface area (Å²) in [5, 5.41) is 15.5. The number of nitrogens with one attached hydrogen (secondary N) is 1. The summed E-state index contributed by atoms with van der Waals surface area (Å²) in [5.74, 6) is 0.940. The number of aliphatic hydroxyl groups is 1. The third-order valence-corrected chi connectivity index (χ3v) is 4.87. The molecule has 96 valence electrons. The number of thiophene rings is 1. The minimum absolute atomic E-state index is 0.334. The molecule has 1 unspecified atom stereocenters. The highest BCUT2D eigenvalue weighted by atomic mass is 32.1. The summed E-state index contributed by atoms with van der Waals surface area (Å²) in [6, 6.07) is 4.62. The van der Waals surface area contributed by atoms with Crippen LogP contribution in [-0.4, -0.2) is 17.7 Å². The highest BCUT2D eigenvalue weighted by molar-refractivity contribution is 7.10. The van der Waals surface area contributed by atoms with Crippen LogP contribution in [0.4, 0.5) is 0 Å². The van der Waals surface area contributed by atoms with Gasteiger partial charge in [0.2, 0.25) is 0 Å². The van der Waals surface area contributed by atoms with E-state index in [1.165, 1.54) is 32.1 Å². The van der Waals surface area contributed by atoms with Crippen LogP contribution in [0.2, 0.25) is 0 Å². The van der Waals surface area contributed by atoms with E-state index in [9.17, 15) is 5.11 Å². The van der Waals surface area contributed by atoms with Crippen molar-refractivity contribution in [2.24, 2.45) is 5.92 Å². The van der Waals surface area contributed by atoms with Crippen LogP contribution in [0, 0.1) is 5.92 Å². The fourth-order valence-electron chi connectivity index (χ4n) is 2.63. The van der Waals surface area contributed by atoms with Gasteiger partial charge in [0.25, 0.3) is 0 Å². The summed E-state index contributed by atoms with van der Waals surface area (Å²) < 4.78 is 0. The molecule has 17 heavy (non-hydrogen) atoms. The maximum absolute atomic E-state index is 9.99. The molecule has 0 radical (unpaired) electrons. The molecule has 2 N–H and O–H groups in total. The van der Waals surface area contributed by atoms with Crippen LogP contribution in [0.15, 0.2) is 17.5 Å². The normalized spacial score (nSPS) is 26.9. The van der Waals surface area contributed by atoms with E-state index >= 15 is 0 Å². The van der Waals surface area contributed by atoms with E-state index in [0.717, 1.165) is 10.8 Å². The molecule has 1 atom stereocenters. The third kappa shape index (κ3) is 3.80. The van der Waals surface area contributed by atoms with Crippen LogP contribution in [0.1, 0.15) is 50.0 Å². The van der Waals surface area contributed by atoms with Gasteiger partial charge in [0.15, 0.2) is 0 Å². The molecule has 0 spiro atoms. The molecule has 1 aliphatic carbocycles. The van der Waals surface area contributed by atoms with E-state index in [4.69, 9.17) is 0 Å². The molecule has 3 heteroatoms. The fraction of sp³-hybridized carbons (Fsp3) is 0.714. The number of rotatable bonds is 5. The van der Waals surface area contributed by atoms with Crippen LogP contribution < -0.4 is 5.32 Å². The van der Waals surface area contributed by atoms with E-state index in [-0.39, 0.29) is 6.10 Å². The maximum atomic E-state index is 9.99. The predicted octanol–water partition coefficient (Wildman–Crippen LogP) is 3.34. The molecule has 0 aliphatic heterocycles. The Labute approximate surface area is 108 Å². The highest BCUT2D eigenvalue weighted by Crippen LogP contribution is 2.27. The zero-order valence-corrected chi connectivity index (χ0v) is 11.4. The SMILES string of the molecule is CCC1CCC(NCC(O)c2cccs2)CC1.